The number of nitrogens with zero attached hydrogens (tertiary/aromatic N) is 2. The molecule has 0 aromatic heterocycles. The molecule has 1 fully saturated rings. The van der Waals surface area contributed by atoms with Crippen molar-refractivity contribution >= 4 is 40.7 Å². The van der Waals surface area contributed by atoms with Gasteiger partial charge in [0.05, 0.1) is 43.3 Å². The molecule has 2 rings (SSSR count). The second-order valence-corrected chi connectivity index (χ2v) is 6.97. The molecule has 1 aliphatic rings. The summed E-state index contributed by atoms with van der Waals surface area (Å²) in [5.74, 6) is 0.269. The first-order chi connectivity index (χ1) is 13.5. The van der Waals surface area contributed by atoms with E-state index in [0.717, 1.165) is 22.2 Å². The first-order valence-corrected chi connectivity index (χ1v) is 9.89. The smallest absolute Gasteiger partial charge is 0.344 e. The Hall–Kier alpha value is -1.92. The van der Waals surface area contributed by atoms with E-state index in [1.165, 1.54) is 13.3 Å². The summed E-state index contributed by atoms with van der Waals surface area (Å²) in [5, 5.41) is 4.00. The van der Waals surface area contributed by atoms with Crippen molar-refractivity contribution in [1.82, 2.24) is 10.3 Å². The Morgan fingerprint density at radius 2 is 2.11 bits per heavy atom. The monoisotopic (exact) mass is 505 g/mol. The summed E-state index contributed by atoms with van der Waals surface area (Å²) in [6.45, 7) is 4.85. The molecule has 0 radical (unpaired) electrons. The quantitative estimate of drug-likeness (QED) is 0.232. The fourth-order valence-corrected chi connectivity index (χ4v) is 3.25. The second-order valence-electron chi connectivity index (χ2n) is 5.81. The number of esters is 1. The minimum atomic E-state index is -0.450. The number of rotatable bonds is 9. The molecule has 0 atom stereocenters. The van der Waals surface area contributed by atoms with Crippen LogP contribution in [0.4, 0.5) is 0 Å². The van der Waals surface area contributed by atoms with E-state index in [-0.39, 0.29) is 19.1 Å². The highest BCUT2D eigenvalue weighted by Gasteiger charge is 2.15. The van der Waals surface area contributed by atoms with E-state index in [9.17, 15) is 9.59 Å². The maximum atomic E-state index is 12.0. The van der Waals surface area contributed by atoms with E-state index in [0.29, 0.717) is 31.3 Å². The van der Waals surface area contributed by atoms with Crippen LogP contribution >= 0.6 is 22.6 Å². The summed E-state index contributed by atoms with van der Waals surface area (Å²) in [6, 6.07) is 3.52. The van der Waals surface area contributed by atoms with Crippen molar-refractivity contribution in [1.29, 1.82) is 0 Å². The Morgan fingerprint density at radius 3 is 2.79 bits per heavy atom. The number of methoxy groups -OCH3 is 1. The normalized spacial score (nSPS) is 14.7. The van der Waals surface area contributed by atoms with Crippen LogP contribution in [0.1, 0.15) is 12.5 Å². The summed E-state index contributed by atoms with van der Waals surface area (Å²) in [6.07, 6.45) is 1.52. The van der Waals surface area contributed by atoms with Crippen LogP contribution in [0.5, 0.6) is 11.5 Å². The van der Waals surface area contributed by atoms with Crippen molar-refractivity contribution in [2.45, 2.75) is 6.92 Å². The summed E-state index contributed by atoms with van der Waals surface area (Å²) in [4.78, 5) is 25.4. The third-order valence-electron chi connectivity index (χ3n) is 3.77. The number of hydrogen-bond donors (Lipinski definition) is 1. The predicted octanol–water partition coefficient (Wildman–Crippen LogP) is 1.02. The molecule has 0 spiro atoms. The molecule has 1 heterocycles. The van der Waals surface area contributed by atoms with Gasteiger partial charge in [0.2, 0.25) is 0 Å². The standard InChI is InChI=1S/C18H24IN3O6/c1-3-27-17(24)12-28-18-14(19)8-13(9-15(18)25-2)10-20-21-16(23)11-22-4-6-26-7-5-22/h8-10H,3-7,11-12H2,1-2H3,(H,21,23)/b20-10+. The Balaban J connectivity index is 1.93. The number of ether oxygens (including phenoxy) is 4. The number of carbonyl (C=O) groups is 2. The van der Waals surface area contributed by atoms with Crippen LogP contribution in [0.15, 0.2) is 17.2 Å². The molecule has 1 aliphatic heterocycles. The molecule has 1 amide bonds. The number of carbonyl (C=O) groups excluding carboxylic acids is 2. The third kappa shape index (κ3) is 7.24. The van der Waals surface area contributed by atoms with Crippen LogP contribution in [-0.4, -0.2) is 76.2 Å². The molecule has 9 nitrogen and oxygen atoms in total. The average Bonchev–Trinajstić information content (AvgIpc) is 2.67. The van der Waals surface area contributed by atoms with E-state index < -0.39 is 5.97 Å². The Kier molecular flexibility index (Phi) is 9.44. The fraction of sp³-hybridized carbons (Fsp3) is 0.500. The van der Waals surface area contributed by atoms with Crippen molar-refractivity contribution in [3.05, 3.63) is 21.3 Å². The van der Waals surface area contributed by atoms with Crippen LogP contribution in [0.3, 0.4) is 0 Å². The summed E-state index contributed by atoms with van der Waals surface area (Å²) in [7, 11) is 1.51. The summed E-state index contributed by atoms with van der Waals surface area (Å²) >= 11 is 2.08. The molecule has 154 valence electrons. The Morgan fingerprint density at radius 1 is 1.36 bits per heavy atom. The Labute approximate surface area is 177 Å². The molecule has 1 N–H and O–H groups in total. The van der Waals surface area contributed by atoms with Gasteiger partial charge in [0.1, 0.15) is 0 Å². The molecule has 1 saturated heterocycles. The van der Waals surface area contributed by atoms with Gasteiger partial charge in [0.15, 0.2) is 18.1 Å². The molecule has 0 unspecified atom stereocenters. The van der Waals surface area contributed by atoms with Crippen molar-refractivity contribution in [3.63, 3.8) is 0 Å². The zero-order valence-corrected chi connectivity index (χ0v) is 18.1. The number of amides is 1. The number of hydrogen-bond acceptors (Lipinski definition) is 8. The largest absolute Gasteiger partial charge is 0.493 e. The highest BCUT2D eigenvalue weighted by molar-refractivity contribution is 14.1. The van der Waals surface area contributed by atoms with E-state index in [1.54, 1.807) is 19.1 Å². The van der Waals surface area contributed by atoms with Gasteiger partial charge in [-0.1, -0.05) is 0 Å². The second kappa shape index (κ2) is 11.8. The van der Waals surface area contributed by atoms with Gasteiger partial charge >= 0.3 is 5.97 Å². The zero-order chi connectivity index (χ0) is 20.4. The highest BCUT2D eigenvalue weighted by atomic mass is 127. The maximum Gasteiger partial charge on any atom is 0.344 e. The van der Waals surface area contributed by atoms with Gasteiger partial charge in [-0.3, -0.25) is 9.69 Å². The lowest BCUT2D eigenvalue weighted by Crippen LogP contribution is -2.42. The van der Waals surface area contributed by atoms with Gasteiger partial charge in [-0.25, -0.2) is 10.2 Å². The van der Waals surface area contributed by atoms with Crippen molar-refractivity contribution < 1.29 is 28.5 Å². The summed E-state index contributed by atoms with van der Waals surface area (Å²) < 4.78 is 21.7. The summed E-state index contributed by atoms with van der Waals surface area (Å²) in [5.41, 5.74) is 3.24. The zero-order valence-electron chi connectivity index (χ0n) is 15.9. The van der Waals surface area contributed by atoms with Crippen LogP contribution < -0.4 is 14.9 Å². The highest BCUT2D eigenvalue weighted by Crippen LogP contribution is 2.33. The van der Waals surface area contributed by atoms with Gasteiger partial charge < -0.3 is 18.9 Å². The molecular formula is C18H24IN3O6. The van der Waals surface area contributed by atoms with Crippen molar-refractivity contribution in [3.8, 4) is 11.5 Å². The molecule has 28 heavy (non-hydrogen) atoms. The molecular weight excluding hydrogens is 481 g/mol. The minimum absolute atomic E-state index is 0.186. The number of morpholine rings is 1. The number of halogens is 1. The first-order valence-electron chi connectivity index (χ1n) is 8.81. The van der Waals surface area contributed by atoms with E-state index in [4.69, 9.17) is 18.9 Å². The minimum Gasteiger partial charge on any atom is -0.493 e. The number of hydrazone groups is 1. The number of benzene rings is 1. The molecule has 0 aliphatic carbocycles. The van der Waals surface area contributed by atoms with Gasteiger partial charge in [0, 0.05) is 13.1 Å². The lowest BCUT2D eigenvalue weighted by atomic mass is 10.2. The van der Waals surface area contributed by atoms with Crippen LogP contribution in [0.25, 0.3) is 0 Å². The lowest BCUT2D eigenvalue weighted by Gasteiger charge is -2.25. The molecule has 10 heteroatoms. The van der Waals surface area contributed by atoms with E-state index in [1.807, 2.05) is 4.90 Å². The van der Waals surface area contributed by atoms with Gasteiger partial charge in [-0.2, -0.15) is 5.10 Å². The van der Waals surface area contributed by atoms with Crippen molar-refractivity contribution in [2.75, 3.05) is 53.2 Å². The SMILES string of the molecule is CCOC(=O)COc1c(I)cc(/C=N/NC(=O)CN2CCOCC2)cc1OC. The molecule has 0 saturated carbocycles. The number of nitrogens with one attached hydrogen (secondary N) is 1. The van der Waals surface area contributed by atoms with Crippen LogP contribution in [-0.2, 0) is 19.1 Å². The maximum absolute atomic E-state index is 12.0. The molecule has 1 aromatic rings. The van der Waals surface area contributed by atoms with Gasteiger partial charge in [-0.15, -0.1) is 0 Å². The van der Waals surface area contributed by atoms with Crippen molar-refractivity contribution in [2.24, 2.45) is 5.10 Å². The fourth-order valence-electron chi connectivity index (χ4n) is 2.46. The molecule has 1 aromatic carbocycles. The Bertz CT molecular complexity index is 707. The van der Waals surface area contributed by atoms with Crippen LogP contribution in [0.2, 0.25) is 0 Å². The topological polar surface area (TPSA) is 98.7 Å². The van der Waals surface area contributed by atoms with Gasteiger partial charge in [-0.05, 0) is 47.2 Å². The predicted molar refractivity (Wildman–Crippen MR) is 111 cm³/mol. The van der Waals surface area contributed by atoms with Crippen LogP contribution in [0, 0.1) is 3.57 Å². The third-order valence-corrected chi connectivity index (χ3v) is 4.57. The lowest BCUT2D eigenvalue weighted by molar-refractivity contribution is -0.145. The molecule has 0 bridgehead atoms. The first kappa shape index (κ1) is 22.4. The van der Waals surface area contributed by atoms with E-state index >= 15 is 0 Å². The van der Waals surface area contributed by atoms with E-state index in [2.05, 4.69) is 33.1 Å². The van der Waals surface area contributed by atoms with Gasteiger partial charge in [0.25, 0.3) is 5.91 Å². The average molecular weight is 505 g/mol.